The minimum Gasteiger partial charge on any atom is -0.300 e. The van der Waals surface area contributed by atoms with E-state index < -0.39 is 0 Å². The fourth-order valence-corrected chi connectivity index (χ4v) is 1.52. The van der Waals surface area contributed by atoms with Gasteiger partial charge in [-0.3, -0.25) is 24.5 Å². The minimum atomic E-state index is -0.185. The number of hydrogen-bond acceptors (Lipinski definition) is 4. The second kappa shape index (κ2) is 3.82. The molecule has 6 nitrogen and oxygen atoms in total. The fraction of sp³-hybridized carbons (Fsp3) is 0.444. The first-order chi connectivity index (χ1) is 7.16. The zero-order valence-corrected chi connectivity index (χ0v) is 8.43. The number of nitrogens with zero attached hydrogens (tertiary/aromatic N) is 3. The first kappa shape index (κ1) is 9.85. The van der Waals surface area contributed by atoms with Crippen LogP contribution in [-0.2, 0) is 23.2 Å². The third-order valence-corrected chi connectivity index (χ3v) is 2.25. The quantitative estimate of drug-likeness (QED) is 0.625. The molecule has 1 aromatic rings. The maximum atomic E-state index is 11.4. The number of nitrogens with one attached hydrogen (secondary N) is 1. The Morgan fingerprint density at radius 2 is 2.07 bits per heavy atom. The zero-order valence-electron chi connectivity index (χ0n) is 8.43. The lowest BCUT2D eigenvalue weighted by molar-refractivity contribution is -0.147. The van der Waals surface area contributed by atoms with E-state index in [2.05, 4.69) is 10.4 Å². The van der Waals surface area contributed by atoms with Crippen LogP contribution >= 0.6 is 0 Å². The van der Waals surface area contributed by atoms with Crippen LogP contribution in [0.4, 0.5) is 0 Å². The van der Waals surface area contributed by atoms with Gasteiger partial charge in [0, 0.05) is 18.8 Å². The molecule has 80 valence electrons. The smallest absolute Gasteiger partial charge is 0.243 e. The fourth-order valence-electron chi connectivity index (χ4n) is 1.52. The molecule has 0 unspecified atom stereocenters. The van der Waals surface area contributed by atoms with E-state index in [9.17, 15) is 9.59 Å². The number of piperazine rings is 1. The number of hydrogen-bond donors (Lipinski definition) is 1. The third kappa shape index (κ3) is 2.04. The Bertz CT molecular complexity index is 383. The normalized spacial score (nSPS) is 17.3. The van der Waals surface area contributed by atoms with Crippen LogP contribution in [0.15, 0.2) is 12.4 Å². The Morgan fingerprint density at radius 1 is 1.40 bits per heavy atom. The molecular formula is C9H12N4O2. The van der Waals surface area contributed by atoms with Gasteiger partial charge in [-0.15, -0.1) is 0 Å². The van der Waals surface area contributed by atoms with Crippen LogP contribution in [0.1, 0.15) is 5.56 Å². The molecule has 1 aliphatic heterocycles. The molecule has 0 bridgehead atoms. The summed E-state index contributed by atoms with van der Waals surface area (Å²) in [5, 5.41) is 6.73. The summed E-state index contributed by atoms with van der Waals surface area (Å²) in [6.07, 6.45) is 3.45. The second-order valence-corrected chi connectivity index (χ2v) is 3.50. The van der Waals surface area contributed by atoms with Gasteiger partial charge in [0.1, 0.15) is 0 Å². The Labute approximate surface area is 86.9 Å². The van der Waals surface area contributed by atoms with Crippen LogP contribution in [-0.4, -0.2) is 39.6 Å². The SMILES string of the molecule is Cn1cc(CN2C(=O)CNCC2=O)cn1. The molecule has 1 aromatic heterocycles. The van der Waals surface area contributed by atoms with E-state index in [1.165, 1.54) is 4.90 Å². The lowest BCUT2D eigenvalue weighted by Crippen LogP contribution is -2.51. The van der Waals surface area contributed by atoms with E-state index in [1.54, 1.807) is 24.1 Å². The van der Waals surface area contributed by atoms with E-state index in [-0.39, 0.29) is 24.9 Å². The maximum Gasteiger partial charge on any atom is 0.243 e. The molecule has 1 saturated heterocycles. The summed E-state index contributed by atoms with van der Waals surface area (Å²) in [4.78, 5) is 24.1. The van der Waals surface area contributed by atoms with E-state index in [4.69, 9.17) is 0 Å². The van der Waals surface area contributed by atoms with E-state index in [0.717, 1.165) is 5.56 Å². The molecule has 6 heteroatoms. The van der Waals surface area contributed by atoms with Gasteiger partial charge in [-0.2, -0.15) is 5.10 Å². The Morgan fingerprint density at radius 3 is 2.60 bits per heavy atom. The number of carbonyl (C=O) groups excluding carboxylic acids is 2. The van der Waals surface area contributed by atoms with Crippen molar-refractivity contribution in [1.82, 2.24) is 20.0 Å². The maximum absolute atomic E-state index is 11.4. The second-order valence-electron chi connectivity index (χ2n) is 3.50. The van der Waals surface area contributed by atoms with Crippen LogP contribution in [0.5, 0.6) is 0 Å². The van der Waals surface area contributed by atoms with Crippen LogP contribution in [0.25, 0.3) is 0 Å². The molecule has 2 heterocycles. The summed E-state index contributed by atoms with van der Waals surface area (Å²) in [7, 11) is 1.80. The highest BCUT2D eigenvalue weighted by Gasteiger charge is 2.25. The molecule has 0 saturated carbocycles. The standard InChI is InChI=1S/C9H12N4O2/c1-12-5-7(2-11-12)6-13-8(14)3-10-4-9(13)15/h2,5,10H,3-4,6H2,1H3. The lowest BCUT2D eigenvalue weighted by atomic mass is 10.2. The predicted molar refractivity (Wildman–Crippen MR) is 51.6 cm³/mol. The number of carbonyl (C=O) groups is 2. The largest absolute Gasteiger partial charge is 0.300 e. The number of aryl methyl sites for hydroxylation is 1. The molecule has 0 atom stereocenters. The number of rotatable bonds is 2. The van der Waals surface area contributed by atoms with Gasteiger partial charge < -0.3 is 0 Å². The van der Waals surface area contributed by atoms with E-state index >= 15 is 0 Å². The average molecular weight is 208 g/mol. The van der Waals surface area contributed by atoms with Crippen molar-refractivity contribution in [3.8, 4) is 0 Å². The Kier molecular flexibility index (Phi) is 2.51. The van der Waals surface area contributed by atoms with Gasteiger partial charge in [0.25, 0.3) is 0 Å². The van der Waals surface area contributed by atoms with Gasteiger partial charge in [-0.1, -0.05) is 0 Å². The first-order valence-electron chi connectivity index (χ1n) is 4.68. The van der Waals surface area contributed by atoms with Crippen molar-refractivity contribution in [2.75, 3.05) is 13.1 Å². The molecule has 0 aromatic carbocycles. The molecule has 1 N–H and O–H groups in total. The van der Waals surface area contributed by atoms with Crippen molar-refractivity contribution in [2.24, 2.45) is 7.05 Å². The number of imide groups is 1. The summed E-state index contributed by atoms with van der Waals surface area (Å²) in [6, 6.07) is 0. The Hall–Kier alpha value is -1.69. The monoisotopic (exact) mass is 208 g/mol. The summed E-state index contributed by atoms with van der Waals surface area (Å²) < 4.78 is 1.65. The third-order valence-electron chi connectivity index (χ3n) is 2.25. The van der Waals surface area contributed by atoms with Gasteiger partial charge in [0.05, 0.1) is 25.8 Å². The predicted octanol–water partition coefficient (Wildman–Crippen LogP) is -1.12. The van der Waals surface area contributed by atoms with Gasteiger partial charge >= 0.3 is 0 Å². The van der Waals surface area contributed by atoms with Crippen LogP contribution < -0.4 is 5.32 Å². The van der Waals surface area contributed by atoms with Crippen molar-refractivity contribution in [1.29, 1.82) is 0 Å². The highest BCUT2D eigenvalue weighted by Crippen LogP contribution is 2.05. The molecule has 2 rings (SSSR count). The molecule has 0 radical (unpaired) electrons. The molecule has 1 fully saturated rings. The van der Waals surface area contributed by atoms with Gasteiger partial charge in [0.2, 0.25) is 11.8 Å². The molecule has 0 spiro atoms. The number of amides is 2. The summed E-state index contributed by atoms with van der Waals surface area (Å²) in [6.45, 7) is 0.769. The molecule has 1 aliphatic rings. The van der Waals surface area contributed by atoms with Crippen LogP contribution in [0, 0.1) is 0 Å². The molecule has 0 aliphatic carbocycles. The van der Waals surface area contributed by atoms with Crippen molar-refractivity contribution >= 4 is 11.8 Å². The minimum absolute atomic E-state index is 0.185. The van der Waals surface area contributed by atoms with E-state index in [0.29, 0.717) is 6.54 Å². The van der Waals surface area contributed by atoms with Crippen molar-refractivity contribution < 1.29 is 9.59 Å². The number of aromatic nitrogens is 2. The lowest BCUT2D eigenvalue weighted by Gasteiger charge is -2.24. The highest BCUT2D eigenvalue weighted by atomic mass is 16.2. The summed E-state index contributed by atoms with van der Waals surface area (Å²) in [5.74, 6) is -0.370. The van der Waals surface area contributed by atoms with Gasteiger partial charge in [-0.05, 0) is 0 Å². The van der Waals surface area contributed by atoms with Crippen molar-refractivity contribution in [3.05, 3.63) is 18.0 Å². The van der Waals surface area contributed by atoms with Gasteiger partial charge in [0.15, 0.2) is 0 Å². The average Bonchev–Trinajstić information content (AvgIpc) is 2.58. The summed E-state index contributed by atoms with van der Waals surface area (Å²) >= 11 is 0. The molecular weight excluding hydrogens is 196 g/mol. The van der Waals surface area contributed by atoms with E-state index in [1.807, 2.05) is 0 Å². The highest BCUT2D eigenvalue weighted by molar-refractivity contribution is 5.99. The molecule has 15 heavy (non-hydrogen) atoms. The molecule has 2 amide bonds. The summed E-state index contributed by atoms with van der Waals surface area (Å²) in [5.41, 5.74) is 0.862. The van der Waals surface area contributed by atoms with Crippen LogP contribution in [0.2, 0.25) is 0 Å². The Balaban J connectivity index is 2.09. The van der Waals surface area contributed by atoms with Crippen molar-refractivity contribution in [3.63, 3.8) is 0 Å². The zero-order chi connectivity index (χ0) is 10.8. The van der Waals surface area contributed by atoms with Crippen molar-refractivity contribution in [2.45, 2.75) is 6.54 Å². The van der Waals surface area contributed by atoms with Crippen LogP contribution in [0.3, 0.4) is 0 Å². The first-order valence-corrected chi connectivity index (χ1v) is 4.68. The topological polar surface area (TPSA) is 67.2 Å². The van der Waals surface area contributed by atoms with Gasteiger partial charge in [-0.25, -0.2) is 0 Å².